The zero-order chi connectivity index (χ0) is 16.6. The van der Waals surface area contributed by atoms with Gasteiger partial charge in [0.15, 0.2) is 11.4 Å². The molecule has 0 atom stereocenters. The number of hydrogen-bond donors (Lipinski definition) is 0. The van der Waals surface area contributed by atoms with Crippen molar-refractivity contribution < 1.29 is 17.9 Å². The molecule has 1 aromatic carbocycles. The van der Waals surface area contributed by atoms with Crippen molar-refractivity contribution in [1.82, 2.24) is 9.38 Å². The molecule has 0 radical (unpaired) electrons. The summed E-state index contributed by atoms with van der Waals surface area (Å²) < 4.78 is 45.0. The molecule has 23 heavy (non-hydrogen) atoms. The van der Waals surface area contributed by atoms with E-state index in [9.17, 15) is 13.2 Å². The first-order chi connectivity index (χ1) is 10.9. The summed E-state index contributed by atoms with van der Waals surface area (Å²) in [6.07, 6.45) is -2.57. The van der Waals surface area contributed by atoms with Gasteiger partial charge in [0.2, 0.25) is 0 Å². The highest BCUT2D eigenvalue weighted by Crippen LogP contribution is 2.29. The third-order valence-corrected chi connectivity index (χ3v) is 3.85. The molecule has 0 saturated heterocycles. The van der Waals surface area contributed by atoms with E-state index < -0.39 is 11.7 Å². The van der Waals surface area contributed by atoms with Crippen LogP contribution in [0, 0.1) is 6.92 Å². The van der Waals surface area contributed by atoms with Gasteiger partial charge in [-0.05, 0) is 36.8 Å². The van der Waals surface area contributed by atoms with E-state index in [1.54, 1.807) is 29.7 Å². The molecule has 0 aliphatic rings. The number of pyridine rings is 1. The van der Waals surface area contributed by atoms with Gasteiger partial charge >= 0.3 is 6.18 Å². The largest absolute Gasteiger partial charge is 0.485 e. The van der Waals surface area contributed by atoms with Crippen LogP contribution in [0.3, 0.4) is 0 Å². The van der Waals surface area contributed by atoms with E-state index in [1.807, 2.05) is 0 Å². The highest BCUT2D eigenvalue weighted by Gasteiger charge is 2.29. The van der Waals surface area contributed by atoms with Crippen molar-refractivity contribution in [2.75, 3.05) is 0 Å². The molecule has 0 fully saturated rings. The first-order valence-electron chi connectivity index (χ1n) is 6.78. The van der Waals surface area contributed by atoms with Crippen molar-refractivity contribution in [1.29, 1.82) is 0 Å². The number of aryl methyl sites for hydroxylation is 1. The van der Waals surface area contributed by atoms with Crippen molar-refractivity contribution in [3.63, 3.8) is 0 Å². The summed E-state index contributed by atoms with van der Waals surface area (Å²) in [7, 11) is 0. The molecule has 3 nitrogen and oxygen atoms in total. The average molecular weight is 341 g/mol. The molecule has 3 rings (SSSR count). The predicted octanol–water partition coefficient (Wildman–Crippen LogP) is 4.89. The van der Waals surface area contributed by atoms with Crippen LogP contribution in [0.2, 0.25) is 5.15 Å². The van der Waals surface area contributed by atoms with Gasteiger partial charge in [0.25, 0.3) is 0 Å². The fraction of sp³-hybridized carbons (Fsp3) is 0.188. The molecule has 0 aliphatic heterocycles. The van der Waals surface area contributed by atoms with Crippen molar-refractivity contribution in [2.45, 2.75) is 19.7 Å². The number of rotatable bonds is 3. The Morgan fingerprint density at radius 3 is 2.52 bits per heavy atom. The fourth-order valence-corrected chi connectivity index (χ4v) is 2.37. The Hall–Kier alpha value is -2.21. The van der Waals surface area contributed by atoms with Crippen LogP contribution in [0.25, 0.3) is 5.65 Å². The third-order valence-electron chi connectivity index (χ3n) is 3.39. The zero-order valence-corrected chi connectivity index (χ0v) is 12.8. The van der Waals surface area contributed by atoms with E-state index in [-0.39, 0.29) is 6.61 Å². The summed E-state index contributed by atoms with van der Waals surface area (Å²) in [4.78, 5) is 4.33. The molecule has 0 unspecified atom stereocenters. The van der Waals surface area contributed by atoms with E-state index in [0.29, 0.717) is 27.8 Å². The van der Waals surface area contributed by atoms with Crippen LogP contribution in [0.15, 0.2) is 42.6 Å². The van der Waals surface area contributed by atoms with Gasteiger partial charge in [-0.15, -0.1) is 0 Å². The highest BCUT2D eigenvalue weighted by atomic mass is 35.5. The first kappa shape index (κ1) is 15.7. The second kappa shape index (κ2) is 5.77. The van der Waals surface area contributed by atoms with Crippen LogP contribution in [0.1, 0.15) is 16.8 Å². The molecule has 0 aliphatic carbocycles. The third kappa shape index (κ3) is 3.12. The molecule has 2 heterocycles. The molecule has 120 valence electrons. The standard InChI is InChI=1S/C16H12ClF3N2O/c1-10-14(17)22-8-2-3-13(15(22)21-10)23-9-11-4-6-12(7-5-11)16(18,19)20/h2-8H,9H2,1H3. The number of benzene rings is 1. The Morgan fingerprint density at radius 1 is 1.17 bits per heavy atom. The van der Waals surface area contributed by atoms with E-state index >= 15 is 0 Å². The van der Waals surface area contributed by atoms with Gasteiger partial charge in [-0.2, -0.15) is 13.2 Å². The van der Waals surface area contributed by atoms with E-state index in [1.165, 1.54) is 12.1 Å². The molecule has 7 heteroatoms. The molecule has 3 aromatic rings. The molecule has 0 spiro atoms. The van der Waals surface area contributed by atoms with Crippen LogP contribution in [-0.4, -0.2) is 9.38 Å². The summed E-state index contributed by atoms with van der Waals surface area (Å²) in [6, 6.07) is 8.37. The van der Waals surface area contributed by atoms with Gasteiger partial charge < -0.3 is 4.74 Å². The van der Waals surface area contributed by atoms with Gasteiger partial charge in [0.05, 0.1) is 11.3 Å². The minimum Gasteiger partial charge on any atom is -0.485 e. The van der Waals surface area contributed by atoms with Crippen molar-refractivity contribution in [3.05, 3.63) is 64.6 Å². The number of fused-ring (bicyclic) bond motifs is 1. The lowest BCUT2D eigenvalue weighted by atomic mass is 10.1. The summed E-state index contributed by atoms with van der Waals surface area (Å²) in [6.45, 7) is 1.93. The molecule has 0 N–H and O–H groups in total. The van der Waals surface area contributed by atoms with Gasteiger partial charge in [0, 0.05) is 6.20 Å². The number of hydrogen-bond acceptors (Lipinski definition) is 2. The molecule has 2 aromatic heterocycles. The SMILES string of the molecule is Cc1nc2c(OCc3ccc(C(F)(F)F)cc3)cccn2c1Cl. The van der Waals surface area contributed by atoms with E-state index in [2.05, 4.69) is 4.98 Å². The smallest absolute Gasteiger partial charge is 0.416 e. The Balaban J connectivity index is 1.80. The fourth-order valence-electron chi connectivity index (χ4n) is 2.19. The monoisotopic (exact) mass is 340 g/mol. The maximum atomic E-state index is 12.5. The summed E-state index contributed by atoms with van der Waals surface area (Å²) in [5.41, 5.74) is 1.20. The summed E-state index contributed by atoms with van der Waals surface area (Å²) in [5.74, 6) is 0.516. The summed E-state index contributed by atoms with van der Waals surface area (Å²) in [5, 5.41) is 0.500. The number of alkyl halides is 3. The lowest BCUT2D eigenvalue weighted by Gasteiger charge is -2.09. The number of halogens is 4. The minimum atomic E-state index is -4.34. The highest BCUT2D eigenvalue weighted by molar-refractivity contribution is 6.30. The molecular formula is C16H12ClF3N2O. The van der Waals surface area contributed by atoms with Crippen LogP contribution >= 0.6 is 11.6 Å². The second-order valence-corrected chi connectivity index (χ2v) is 5.40. The lowest BCUT2D eigenvalue weighted by Crippen LogP contribution is -2.05. The number of nitrogens with zero attached hydrogens (tertiary/aromatic N) is 2. The van der Waals surface area contributed by atoms with Crippen LogP contribution < -0.4 is 4.74 Å². The van der Waals surface area contributed by atoms with Gasteiger partial charge in [-0.25, -0.2) is 4.98 Å². The van der Waals surface area contributed by atoms with Gasteiger partial charge in [-0.1, -0.05) is 23.7 Å². The Bertz CT molecular complexity index is 841. The minimum absolute atomic E-state index is 0.140. The average Bonchev–Trinajstić information content (AvgIpc) is 2.81. The molecule has 0 bridgehead atoms. The topological polar surface area (TPSA) is 26.5 Å². The van der Waals surface area contributed by atoms with Gasteiger partial charge in [0.1, 0.15) is 11.8 Å². The van der Waals surface area contributed by atoms with Crippen molar-refractivity contribution in [3.8, 4) is 5.75 Å². The van der Waals surface area contributed by atoms with Crippen LogP contribution in [0.4, 0.5) is 13.2 Å². The van der Waals surface area contributed by atoms with E-state index in [4.69, 9.17) is 16.3 Å². The second-order valence-electron chi connectivity index (χ2n) is 5.04. The number of imidazole rings is 1. The molecular weight excluding hydrogens is 329 g/mol. The Labute approximate surface area is 135 Å². The Kier molecular flexibility index (Phi) is 3.93. The Morgan fingerprint density at radius 2 is 1.87 bits per heavy atom. The maximum Gasteiger partial charge on any atom is 0.416 e. The van der Waals surface area contributed by atoms with Crippen molar-refractivity contribution in [2.24, 2.45) is 0 Å². The maximum absolute atomic E-state index is 12.5. The van der Waals surface area contributed by atoms with Crippen LogP contribution in [-0.2, 0) is 12.8 Å². The van der Waals surface area contributed by atoms with Gasteiger partial charge in [-0.3, -0.25) is 4.40 Å². The van der Waals surface area contributed by atoms with Crippen LogP contribution in [0.5, 0.6) is 5.75 Å². The normalized spacial score (nSPS) is 11.9. The first-order valence-corrected chi connectivity index (χ1v) is 7.16. The zero-order valence-electron chi connectivity index (χ0n) is 12.1. The number of aromatic nitrogens is 2. The quantitative estimate of drug-likeness (QED) is 0.678. The van der Waals surface area contributed by atoms with E-state index in [0.717, 1.165) is 12.1 Å². The number of ether oxygens (including phenoxy) is 1. The molecule has 0 amide bonds. The summed E-state index contributed by atoms with van der Waals surface area (Å²) >= 11 is 6.13. The predicted molar refractivity (Wildman–Crippen MR) is 80.7 cm³/mol. The molecule has 0 saturated carbocycles. The lowest BCUT2D eigenvalue weighted by molar-refractivity contribution is -0.137. The van der Waals surface area contributed by atoms with Crippen molar-refractivity contribution >= 4 is 17.2 Å².